The van der Waals surface area contributed by atoms with Crippen LogP contribution in [0.15, 0.2) is 186 Å². The van der Waals surface area contributed by atoms with E-state index in [4.69, 9.17) is 14.4 Å². The topological polar surface area (TPSA) is 48.8 Å². The van der Waals surface area contributed by atoms with Crippen LogP contribution in [-0.4, -0.2) is 19.1 Å². The molecule has 4 aromatic heterocycles. The van der Waals surface area contributed by atoms with Crippen LogP contribution in [0.3, 0.4) is 0 Å². The zero-order valence-electron chi connectivity index (χ0n) is 31.9. The summed E-state index contributed by atoms with van der Waals surface area (Å²) < 4.78 is 11.7. The van der Waals surface area contributed by atoms with Crippen molar-refractivity contribution in [3.63, 3.8) is 0 Å². The molecule has 59 heavy (non-hydrogen) atoms. The van der Waals surface area contributed by atoms with Gasteiger partial charge in [0.2, 0.25) is 5.95 Å². The number of nitrogens with zero attached hydrogens (tertiary/aromatic N) is 4. The van der Waals surface area contributed by atoms with Crippen molar-refractivity contribution in [1.82, 2.24) is 19.1 Å². The van der Waals surface area contributed by atoms with E-state index in [2.05, 4.69) is 191 Å². The number of fused-ring (bicyclic) bond motifs is 14. The van der Waals surface area contributed by atoms with Crippen molar-refractivity contribution in [2.75, 3.05) is 0 Å². The Balaban J connectivity index is 1.15. The minimum Gasteiger partial charge on any atom is -0.455 e. The van der Waals surface area contributed by atoms with E-state index in [0.717, 1.165) is 84.4 Å². The van der Waals surface area contributed by atoms with Gasteiger partial charge in [-0.15, -0.1) is 0 Å². The van der Waals surface area contributed by atoms with Gasteiger partial charge in [0, 0.05) is 54.8 Å². The third-order valence-corrected chi connectivity index (χ3v) is 12.4. The zero-order chi connectivity index (χ0) is 38.6. The molecule has 0 saturated carbocycles. The quantitative estimate of drug-likeness (QED) is 0.168. The van der Waals surface area contributed by atoms with E-state index in [1.165, 1.54) is 44.4 Å². The predicted octanol–water partition coefficient (Wildman–Crippen LogP) is 13.7. The van der Waals surface area contributed by atoms with E-state index in [-0.39, 0.29) is 0 Å². The van der Waals surface area contributed by atoms with E-state index in [1.54, 1.807) is 0 Å². The van der Waals surface area contributed by atoms with Gasteiger partial charge >= 0.3 is 0 Å². The molecule has 0 spiro atoms. The predicted molar refractivity (Wildman–Crippen MR) is 242 cm³/mol. The fourth-order valence-corrected chi connectivity index (χ4v) is 9.89. The summed E-state index contributed by atoms with van der Waals surface area (Å²) in [5, 5.41) is 7.96. The smallest absolute Gasteiger partial charge is 0.235 e. The van der Waals surface area contributed by atoms with Crippen LogP contribution in [0.1, 0.15) is 11.3 Å². The molecular weight excluding hydrogens is 721 g/mol. The second kappa shape index (κ2) is 12.4. The molecule has 12 aromatic rings. The highest BCUT2D eigenvalue weighted by Gasteiger charge is 2.33. The average Bonchev–Trinajstić information content (AvgIpc) is 3.97. The summed E-state index contributed by atoms with van der Waals surface area (Å²) >= 11 is 0. The Morgan fingerprint density at radius 3 is 2.05 bits per heavy atom. The summed E-state index contributed by atoms with van der Waals surface area (Å²) in [7, 11) is 0. The minimum absolute atomic E-state index is 0.682. The Kier molecular flexibility index (Phi) is 6.78. The third kappa shape index (κ3) is 4.67. The molecule has 13 rings (SSSR count). The highest BCUT2D eigenvalue weighted by molar-refractivity contribution is 6.18. The van der Waals surface area contributed by atoms with Crippen molar-refractivity contribution < 1.29 is 4.42 Å². The van der Waals surface area contributed by atoms with Gasteiger partial charge in [0.25, 0.3) is 0 Å². The number of aryl methyl sites for hydroxylation is 1. The van der Waals surface area contributed by atoms with Crippen LogP contribution < -0.4 is 0 Å². The molecule has 0 radical (unpaired) electrons. The van der Waals surface area contributed by atoms with Crippen LogP contribution in [0.2, 0.25) is 0 Å². The average molecular weight is 755 g/mol. The fraction of sp³-hybridized carbons (Fsp3) is 0.0370. The molecule has 0 amide bonds. The Morgan fingerprint density at radius 1 is 0.475 bits per heavy atom. The van der Waals surface area contributed by atoms with Crippen LogP contribution >= 0.6 is 0 Å². The maximum Gasteiger partial charge on any atom is 0.235 e. The Morgan fingerprint density at radius 2 is 1.19 bits per heavy atom. The standard InChI is InChI=1S/C54H34N4O/c1-3-14-33(15-4-1)36-19-13-20-37(32-36)57-46-30-28-40-39-22-10-12-25-47(39)59-53(40)49(46)42-29-31-45-48(52(42)57)41-23-9-11-24-44(41)58(45)54-55-50(35-17-5-2-6-18-35)43-27-26-34-16-7-8-21-38(34)51(43)56-54/h1-28,30,32H,29,31H2. The highest BCUT2D eigenvalue weighted by atomic mass is 16.3. The molecule has 0 N–H and O–H groups in total. The summed E-state index contributed by atoms with van der Waals surface area (Å²) in [6, 6.07) is 64.8. The van der Waals surface area contributed by atoms with E-state index in [0.29, 0.717) is 5.95 Å². The van der Waals surface area contributed by atoms with Crippen molar-refractivity contribution in [2.24, 2.45) is 0 Å². The van der Waals surface area contributed by atoms with Gasteiger partial charge < -0.3 is 8.98 Å². The van der Waals surface area contributed by atoms with E-state index >= 15 is 0 Å². The number of aromatic nitrogens is 4. The van der Waals surface area contributed by atoms with E-state index < -0.39 is 0 Å². The van der Waals surface area contributed by atoms with Crippen molar-refractivity contribution in [3.05, 3.63) is 193 Å². The Labute approximate surface area is 339 Å². The van der Waals surface area contributed by atoms with E-state index in [9.17, 15) is 0 Å². The first-order valence-electron chi connectivity index (χ1n) is 20.3. The summed E-state index contributed by atoms with van der Waals surface area (Å²) in [4.78, 5) is 11.0. The molecule has 0 saturated heterocycles. The molecule has 0 aliphatic heterocycles. The van der Waals surface area contributed by atoms with Crippen molar-refractivity contribution in [3.8, 4) is 45.3 Å². The minimum atomic E-state index is 0.682. The van der Waals surface area contributed by atoms with Gasteiger partial charge in [-0.25, -0.2) is 9.97 Å². The number of hydrogen-bond acceptors (Lipinski definition) is 3. The Bertz CT molecular complexity index is 3670. The van der Waals surface area contributed by atoms with Crippen LogP contribution in [0.25, 0.3) is 111 Å². The van der Waals surface area contributed by atoms with Crippen LogP contribution in [0, 0.1) is 0 Å². The SMILES string of the molecule is c1ccc(-c2cccc(-n3c4c(c5c6oc7ccccc7c6ccc53)CCc3c-4c4ccccc4n3-c3nc(-c4ccccc4)c4ccc5ccccc5c4n3)c2)cc1. The van der Waals surface area contributed by atoms with Gasteiger partial charge in [0.05, 0.1) is 27.9 Å². The molecule has 4 heterocycles. The molecule has 8 aromatic carbocycles. The molecule has 0 fully saturated rings. The maximum absolute atomic E-state index is 6.82. The molecule has 5 nitrogen and oxygen atoms in total. The van der Waals surface area contributed by atoms with Crippen LogP contribution in [-0.2, 0) is 12.8 Å². The number of rotatable bonds is 4. The Hall–Kier alpha value is -7.76. The molecular formula is C54H34N4O. The number of furan rings is 1. The van der Waals surface area contributed by atoms with Gasteiger partial charge in [-0.1, -0.05) is 140 Å². The second-order valence-corrected chi connectivity index (χ2v) is 15.6. The molecule has 1 aliphatic carbocycles. The second-order valence-electron chi connectivity index (χ2n) is 15.6. The first-order valence-corrected chi connectivity index (χ1v) is 20.3. The lowest BCUT2D eigenvalue weighted by atomic mass is 9.91. The highest BCUT2D eigenvalue weighted by Crippen LogP contribution is 2.50. The molecule has 0 bridgehead atoms. The summed E-state index contributed by atoms with van der Waals surface area (Å²) in [6.45, 7) is 0. The number of hydrogen-bond donors (Lipinski definition) is 0. The summed E-state index contributed by atoms with van der Waals surface area (Å²) in [5.41, 5.74) is 15.4. The molecule has 1 aliphatic rings. The first-order chi connectivity index (χ1) is 29.3. The van der Waals surface area contributed by atoms with Gasteiger partial charge in [-0.05, 0) is 77.4 Å². The van der Waals surface area contributed by atoms with Crippen molar-refractivity contribution in [1.29, 1.82) is 0 Å². The molecule has 5 heteroatoms. The monoisotopic (exact) mass is 754 g/mol. The van der Waals surface area contributed by atoms with Gasteiger partial charge in [0.15, 0.2) is 0 Å². The lowest BCUT2D eigenvalue weighted by Gasteiger charge is -2.20. The van der Waals surface area contributed by atoms with E-state index in [1.807, 2.05) is 0 Å². The largest absolute Gasteiger partial charge is 0.455 e. The number of benzene rings is 8. The summed E-state index contributed by atoms with van der Waals surface area (Å²) in [5.74, 6) is 0.682. The van der Waals surface area contributed by atoms with Crippen molar-refractivity contribution >= 4 is 65.4 Å². The summed E-state index contributed by atoms with van der Waals surface area (Å²) in [6.07, 6.45) is 1.65. The fourth-order valence-electron chi connectivity index (χ4n) is 9.89. The molecule has 0 unspecified atom stereocenters. The molecule has 276 valence electrons. The van der Waals surface area contributed by atoms with Gasteiger partial charge in [-0.3, -0.25) is 4.57 Å². The lowest BCUT2D eigenvalue weighted by Crippen LogP contribution is -2.12. The zero-order valence-corrected chi connectivity index (χ0v) is 31.9. The van der Waals surface area contributed by atoms with Gasteiger partial charge in [0.1, 0.15) is 11.2 Å². The number of para-hydroxylation sites is 2. The normalized spacial score (nSPS) is 12.6. The van der Waals surface area contributed by atoms with Crippen molar-refractivity contribution in [2.45, 2.75) is 12.8 Å². The lowest BCUT2D eigenvalue weighted by molar-refractivity contribution is 0.672. The maximum atomic E-state index is 6.82. The van der Waals surface area contributed by atoms with Crippen LogP contribution in [0.5, 0.6) is 0 Å². The van der Waals surface area contributed by atoms with Crippen LogP contribution in [0.4, 0.5) is 0 Å². The van der Waals surface area contributed by atoms with Gasteiger partial charge in [-0.2, -0.15) is 0 Å². The first kappa shape index (κ1) is 32.3. The molecule has 0 atom stereocenters. The third-order valence-electron chi connectivity index (χ3n) is 12.4.